The lowest BCUT2D eigenvalue weighted by Crippen LogP contribution is -2.39. The quantitative estimate of drug-likeness (QED) is 0.883. The molecule has 1 aromatic carbocycles. The van der Waals surface area contributed by atoms with Gasteiger partial charge in [-0.3, -0.25) is 9.36 Å². The fourth-order valence-corrected chi connectivity index (χ4v) is 1.65. The van der Waals surface area contributed by atoms with Gasteiger partial charge in [0.1, 0.15) is 11.6 Å². The van der Waals surface area contributed by atoms with E-state index in [4.69, 9.17) is 0 Å². The molecule has 0 radical (unpaired) electrons. The van der Waals surface area contributed by atoms with Crippen molar-refractivity contribution in [1.82, 2.24) is 14.3 Å². The summed E-state index contributed by atoms with van der Waals surface area (Å²) < 4.78 is 28.1. The normalized spacial score (nSPS) is 10.6. The molecule has 0 bridgehead atoms. The molecule has 0 atom stereocenters. The van der Waals surface area contributed by atoms with E-state index < -0.39 is 22.9 Å². The van der Waals surface area contributed by atoms with Crippen LogP contribution in [0.15, 0.2) is 27.8 Å². The van der Waals surface area contributed by atoms with Crippen LogP contribution in [0.2, 0.25) is 0 Å². The molecule has 20 heavy (non-hydrogen) atoms. The number of aryl methyl sites for hydroxylation is 1. The summed E-state index contributed by atoms with van der Waals surface area (Å²) >= 11 is 0. The van der Waals surface area contributed by atoms with E-state index in [2.05, 4.69) is 10.4 Å². The number of nitrogens with one attached hydrogen (secondary N) is 1. The van der Waals surface area contributed by atoms with Gasteiger partial charge in [-0.25, -0.2) is 18.3 Å². The average Bonchev–Trinajstić information content (AvgIpc) is 2.40. The predicted molar refractivity (Wildman–Crippen MR) is 68.4 cm³/mol. The molecular weight excluding hydrogens is 270 g/mol. The Morgan fingerprint density at radius 1 is 1.25 bits per heavy atom. The number of nitrogens with zero attached hydrogens (tertiary/aromatic N) is 3. The summed E-state index contributed by atoms with van der Waals surface area (Å²) in [5, 5.41) is 6.39. The molecule has 106 valence electrons. The second kappa shape index (κ2) is 5.24. The van der Waals surface area contributed by atoms with Crippen LogP contribution in [0.3, 0.4) is 0 Å². The fraction of sp³-hybridized carbons (Fsp3) is 0.250. The second-order valence-electron chi connectivity index (χ2n) is 4.21. The first-order valence-electron chi connectivity index (χ1n) is 5.72. The number of halogens is 2. The van der Waals surface area contributed by atoms with Crippen molar-refractivity contribution >= 4 is 5.82 Å². The van der Waals surface area contributed by atoms with E-state index in [-0.39, 0.29) is 17.9 Å². The van der Waals surface area contributed by atoms with Crippen molar-refractivity contribution in [2.75, 3.05) is 5.32 Å². The lowest BCUT2D eigenvalue weighted by atomic mass is 10.2. The molecule has 8 heteroatoms. The van der Waals surface area contributed by atoms with E-state index in [1.807, 2.05) is 0 Å². The molecule has 1 aromatic heterocycles. The molecular formula is C12H12F2N4O2. The monoisotopic (exact) mass is 282 g/mol. The number of aromatic nitrogens is 3. The van der Waals surface area contributed by atoms with Gasteiger partial charge in [0, 0.05) is 32.3 Å². The fourth-order valence-electron chi connectivity index (χ4n) is 1.65. The minimum atomic E-state index is -0.723. The maximum absolute atomic E-state index is 13.4. The van der Waals surface area contributed by atoms with Gasteiger partial charge >= 0.3 is 5.69 Å². The Bertz CT molecular complexity index is 767. The third-order valence-electron chi connectivity index (χ3n) is 2.78. The molecule has 0 amide bonds. The summed E-state index contributed by atoms with van der Waals surface area (Å²) in [4.78, 5) is 23.2. The maximum Gasteiger partial charge on any atom is 0.346 e. The van der Waals surface area contributed by atoms with Gasteiger partial charge in [-0.1, -0.05) is 6.07 Å². The Morgan fingerprint density at radius 2 is 1.95 bits per heavy atom. The van der Waals surface area contributed by atoms with Crippen molar-refractivity contribution in [2.24, 2.45) is 14.1 Å². The van der Waals surface area contributed by atoms with Crippen molar-refractivity contribution < 1.29 is 8.78 Å². The van der Waals surface area contributed by atoms with Crippen LogP contribution in [0.4, 0.5) is 14.6 Å². The number of hydrogen-bond acceptors (Lipinski definition) is 4. The third kappa shape index (κ3) is 2.58. The summed E-state index contributed by atoms with van der Waals surface area (Å²) in [5.74, 6) is -1.49. The highest BCUT2D eigenvalue weighted by Crippen LogP contribution is 2.10. The van der Waals surface area contributed by atoms with E-state index in [1.54, 1.807) is 0 Å². The summed E-state index contributed by atoms with van der Waals surface area (Å²) in [6.07, 6.45) is 0. The highest BCUT2D eigenvalue weighted by atomic mass is 19.1. The van der Waals surface area contributed by atoms with Crippen molar-refractivity contribution in [3.63, 3.8) is 0 Å². The van der Waals surface area contributed by atoms with Gasteiger partial charge in [0.25, 0.3) is 5.56 Å². The Labute approximate surface area is 112 Å². The number of benzene rings is 1. The molecule has 0 unspecified atom stereocenters. The summed E-state index contributed by atoms with van der Waals surface area (Å²) in [6.45, 7) is -0.0491. The minimum absolute atomic E-state index is 0.0491. The summed E-state index contributed by atoms with van der Waals surface area (Å²) in [7, 11) is 2.71. The first kappa shape index (κ1) is 13.9. The van der Waals surface area contributed by atoms with Crippen LogP contribution in [-0.2, 0) is 20.6 Å². The first-order chi connectivity index (χ1) is 9.40. The summed E-state index contributed by atoms with van der Waals surface area (Å²) in [6, 6.07) is 3.14. The van der Waals surface area contributed by atoms with Crippen molar-refractivity contribution in [2.45, 2.75) is 6.54 Å². The number of rotatable bonds is 3. The minimum Gasteiger partial charge on any atom is -0.360 e. The molecule has 0 aliphatic carbocycles. The van der Waals surface area contributed by atoms with Crippen LogP contribution in [0.5, 0.6) is 0 Å². The largest absolute Gasteiger partial charge is 0.360 e. The van der Waals surface area contributed by atoms with Gasteiger partial charge in [0.15, 0.2) is 0 Å². The smallest absolute Gasteiger partial charge is 0.346 e. The SMILES string of the molecule is Cn1nc(NCc2ccc(F)cc2F)c(=O)n(C)c1=O. The standard InChI is InChI=1S/C12H12F2N4O2/c1-17-11(19)10(16-18(2)12(17)20)15-6-7-3-4-8(13)5-9(7)14/h3-5H,6H2,1-2H3,(H,15,16). The first-order valence-corrected chi connectivity index (χ1v) is 5.72. The Kier molecular flexibility index (Phi) is 3.64. The van der Waals surface area contributed by atoms with E-state index in [0.717, 1.165) is 21.4 Å². The van der Waals surface area contributed by atoms with Crippen molar-refractivity contribution in [3.8, 4) is 0 Å². The molecule has 6 nitrogen and oxygen atoms in total. The van der Waals surface area contributed by atoms with Gasteiger partial charge in [-0.15, -0.1) is 5.10 Å². The highest BCUT2D eigenvalue weighted by Gasteiger charge is 2.09. The van der Waals surface area contributed by atoms with Gasteiger partial charge in [-0.05, 0) is 6.07 Å². The van der Waals surface area contributed by atoms with Crippen LogP contribution >= 0.6 is 0 Å². The highest BCUT2D eigenvalue weighted by molar-refractivity contribution is 5.32. The van der Waals surface area contributed by atoms with Crippen LogP contribution in [0, 0.1) is 11.6 Å². The van der Waals surface area contributed by atoms with Gasteiger partial charge in [0.05, 0.1) is 0 Å². The van der Waals surface area contributed by atoms with E-state index in [9.17, 15) is 18.4 Å². The Hall–Kier alpha value is -2.51. The maximum atomic E-state index is 13.4. The van der Waals surface area contributed by atoms with Crippen molar-refractivity contribution in [1.29, 1.82) is 0 Å². The van der Waals surface area contributed by atoms with Crippen molar-refractivity contribution in [3.05, 3.63) is 56.2 Å². The third-order valence-corrected chi connectivity index (χ3v) is 2.78. The van der Waals surface area contributed by atoms with E-state index >= 15 is 0 Å². The molecule has 1 N–H and O–H groups in total. The van der Waals surface area contributed by atoms with Gasteiger partial charge in [0.2, 0.25) is 5.82 Å². The molecule has 0 fully saturated rings. The lowest BCUT2D eigenvalue weighted by molar-refractivity contribution is 0.573. The lowest BCUT2D eigenvalue weighted by Gasteiger charge is -2.08. The second-order valence-corrected chi connectivity index (χ2v) is 4.21. The molecule has 2 rings (SSSR count). The Morgan fingerprint density at radius 3 is 2.60 bits per heavy atom. The Balaban J connectivity index is 2.28. The molecule has 0 saturated heterocycles. The van der Waals surface area contributed by atoms with Crippen LogP contribution in [0.1, 0.15) is 5.56 Å². The molecule has 0 aliphatic rings. The number of anilines is 1. The molecule has 1 heterocycles. The van der Waals surface area contributed by atoms with Crippen LogP contribution in [-0.4, -0.2) is 14.3 Å². The van der Waals surface area contributed by atoms with E-state index in [1.165, 1.54) is 20.2 Å². The molecule has 2 aromatic rings. The van der Waals surface area contributed by atoms with Gasteiger partial charge in [-0.2, -0.15) is 0 Å². The topological polar surface area (TPSA) is 68.9 Å². The molecule has 0 spiro atoms. The molecule has 0 aliphatic heterocycles. The zero-order chi connectivity index (χ0) is 14.9. The zero-order valence-corrected chi connectivity index (χ0v) is 10.9. The van der Waals surface area contributed by atoms with Crippen LogP contribution in [0.25, 0.3) is 0 Å². The predicted octanol–water partition coefficient (Wildman–Crippen LogP) is 0.369. The van der Waals surface area contributed by atoms with E-state index in [0.29, 0.717) is 0 Å². The number of hydrogen-bond donors (Lipinski definition) is 1. The average molecular weight is 282 g/mol. The van der Waals surface area contributed by atoms with Crippen LogP contribution < -0.4 is 16.6 Å². The van der Waals surface area contributed by atoms with Gasteiger partial charge < -0.3 is 5.32 Å². The summed E-state index contributed by atoms with van der Waals surface area (Å²) in [5.41, 5.74) is -0.992. The zero-order valence-electron chi connectivity index (χ0n) is 10.9. The molecule has 0 saturated carbocycles.